The summed E-state index contributed by atoms with van der Waals surface area (Å²) in [6, 6.07) is 9.74. The smallest absolute Gasteiger partial charge is 0.257 e. The van der Waals surface area contributed by atoms with Crippen LogP contribution in [0.1, 0.15) is 29.8 Å². The van der Waals surface area contributed by atoms with Crippen molar-refractivity contribution in [3.63, 3.8) is 0 Å². The molecular formula is C16H21N3O2. The van der Waals surface area contributed by atoms with Crippen LogP contribution in [0.2, 0.25) is 0 Å². The number of hydrogen-bond acceptors (Lipinski definition) is 3. The molecule has 1 aromatic carbocycles. The Balaban J connectivity index is 2.21. The average Bonchev–Trinajstić information content (AvgIpc) is 2.83. The van der Waals surface area contributed by atoms with Gasteiger partial charge in [0.1, 0.15) is 0 Å². The third kappa shape index (κ3) is 4.43. The van der Waals surface area contributed by atoms with Crippen LogP contribution >= 0.6 is 0 Å². The Morgan fingerprint density at radius 1 is 1.33 bits per heavy atom. The summed E-state index contributed by atoms with van der Waals surface area (Å²) in [7, 11) is 1.77. The van der Waals surface area contributed by atoms with Gasteiger partial charge in [0, 0.05) is 26.3 Å². The maximum absolute atomic E-state index is 12.6. The Morgan fingerprint density at radius 2 is 2.00 bits per heavy atom. The molecule has 5 heteroatoms. The summed E-state index contributed by atoms with van der Waals surface area (Å²) >= 11 is 0. The monoisotopic (exact) mass is 287 g/mol. The maximum atomic E-state index is 12.6. The summed E-state index contributed by atoms with van der Waals surface area (Å²) in [5.41, 5.74) is 0.601. The van der Waals surface area contributed by atoms with E-state index < -0.39 is 5.60 Å². The third-order valence-electron chi connectivity index (χ3n) is 3.03. The number of carbonyl (C=O) groups excluding carboxylic acids is 1. The molecular weight excluding hydrogens is 266 g/mol. The molecule has 0 aliphatic carbocycles. The number of carbonyl (C=O) groups is 1. The Labute approximate surface area is 124 Å². The molecule has 112 valence electrons. The summed E-state index contributed by atoms with van der Waals surface area (Å²) in [5, 5.41) is 14.1. The van der Waals surface area contributed by atoms with E-state index in [0.29, 0.717) is 12.1 Å². The first-order valence-corrected chi connectivity index (χ1v) is 6.89. The van der Waals surface area contributed by atoms with Crippen LogP contribution < -0.4 is 0 Å². The van der Waals surface area contributed by atoms with Crippen molar-refractivity contribution in [2.75, 3.05) is 6.54 Å². The molecule has 0 unspecified atom stereocenters. The van der Waals surface area contributed by atoms with E-state index in [1.165, 1.54) is 0 Å². The van der Waals surface area contributed by atoms with Crippen molar-refractivity contribution in [2.45, 2.75) is 26.0 Å². The number of aliphatic hydroxyl groups is 1. The van der Waals surface area contributed by atoms with Crippen molar-refractivity contribution in [3.05, 3.63) is 53.9 Å². The lowest BCUT2D eigenvalue weighted by atomic mass is 10.1. The molecule has 0 bridgehead atoms. The van der Waals surface area contributed by atoms with Gasteiger partial charge < -0.3 is 10.0 Å². The summed E-state index contributed by atoms with van der Waals surface area (Å²) in [4.78, 5) is 14.2. The zero-order chi connectivity index (χ0) is 15.5. The Morgan fingerprint density at radius 3 is 2.52 bits per heavy atom. The number of aromatic nitrogens is 2. The number of nitrogens with zero attached hydrogens (tertiary/aromatic N) is 3. The first-order chi connectivity index (χ1) is 9.85. The highest BCUT2D eigenvalue weighted by Gasteiger charge is 2.24. The van der Waals surface area contributed by atoms with Crippen LogP contribution in [0, 0.1) is 0 Å². The first-order valence-electron chi connectivity index (χ1n) is 6.89. The zero-order valence-electron chi connectivity index (χ0n) is 12.7. The molecule has 0 aliphatic rings. The van der Waals surface area contributed by atoms with E-state index in [0.717, 1.165) is 5.56 Å². The van der Waals surface area contributed by atoms with E-state index >= 15 is 0 Å². The quantitative estimate of drug-likeness (QED) is 0.913. The molecule has 1 N–H and O–H groups in total. The van der Waals surface area contributed by atoms with Gasteiger partial charge in [-0.1, -0.05) is 30.3 Å². The van der Waals surface area contributed by atoms with Crippen molar-refractivity contribution in [2.24, 2.45) is 7.05 Å². The van der Waals surface area contributed by atoms with Crippen molar-refractivity contribution < 1.29 is 9.90 Å². The van der Waals surface area contributed by atoms with Gasteiger partial charge in [-0.05, 0) is 19.4 Å². The number of hydrogen-bond donors (Lipinski definition) is 1. The molecule has 0 spiro atoms. The van der Waals surface area contributed by atoms with Gasteiger partial charge in [0.2, 0.25) is 0 Å². The van der Waals surface area contributed by atoms with E-state index in [1.807, 2.05) is 30.3 Å². The maximum Gasteiger partial charge on any atom is 0.257 e. The lowest BCUT2D eigenvalue weighted by molar-refractivity contribution is 0.0280. The lowest BCUT2D eigenvalue weighted by Crippen LogP contribution is -2.41. The van der Waals surface area contributed by atoms with E-state index in [1.54, 1.807) is 42.9 Å². The van der Waals surface area contributed by atoms with Crippen molar-refractivity contribution in [1.82, 2.24) is 14.7 Å². The number of rotatable bonds is 5. The summed E-state index contributed by atoms with van der Waals surface area (Å²) in [6.07, 6.45) is 3.23. The van der Waals surface area contributed by atoms with Crippen LogP contribution in [0.4, 0.5) is 0 Å². The van der Waals surface area contributed by atoms with Crippen molar-refractivity contribution >= 4 is 5.91 Å². The van der Waals surface area contributed by atoms with Gasteiger partial charge in [-0.2, -0.15) is 5.10 Å². The van der Waals surface area contributed by atoms with Crippen LogP contribution in [0.5, 0.6) is 0 Å². The number of aryl methyl sites for hydroxylation is 1. The van der Waals surface area contributed by atoms with E-state index in [9.17, 15) is 9.90 Å². The number of amides is 1. The number of benzene rings is 1. The van der Waals surface area contributed by atoms with Crippen molar-refractivity contribution in [3.8, 4) is 0 Å². The molecule has 1 heterocycles. The molecule has 21 heavy (non-hydrogen) atoms. The van der Waals surface area contributed by atoms with Crippen molar-refractivity contribution in [1.29, 1.82) is 0 Å². The van der Waals surface area contributed by atoms with Crippen LogP contribution in [0.15, 0.2) is 42.7 Å². The predicted octanol–water partition coefficient (Wildman–Crippen LogP) is 1.83. The molecule has 1 aromatic heterocycles. The molecule has 0 fully saturated rings. The fraction of sp³-hybridized carbons (Fsp3) is 0.375. The van der Waals surface area contributed by atoms with Crippen LogP contribution in [0.25, 0.3) is 0 Å². The van der Waals surface area contributed by atoms with Gasteiger partial charge in [0.05, 0.1) is 17.4 Å². The SMILES string of the molecule is Cn1cc(C(=O)N(Cc2ccccc2)CC(C)(C)O)cn1. The van der Waals surface area contributed by atoms with Gasteiger partial charge in [-0.3, -0.25) is 9.48 Å². The molecule has 0 radical (unpaired) electrons. The summed E-state index contributed by atoms with van der Waals surface area (Å²) in [6.45, 7) is 4.11. The average molecular weight is 287 g/mol. The van der Waals surface area contributed by atoms with E-state index in [-0.39, 0.29) is 12.5 Å². The second kappa shape index (κ2) is 6.10. The molecule has 2 rings (SSSR count). The topological polar surface area (TPSA) is 58.4 Å². The van der Waals surface area contributed by atoms with Gasteiger partial charge in [-0.15, -0.1) is 0 Å². The van der Waals surface area contributed by atoms with Gasteiger partial charge in [0.15, 0.2) is 0 Å². The molecule has 1 amide bonds. The van der Waals surface area contributed by atoms with Crippen LogP contribution in [-0.2, 0) is 13.6 Å². The highest BCUT2D eigenvalue weighted by molar-refractivity contribution is 5.93. The van der Waals surface area contributed by atoms with Gasteiger partial charge >= 0.3 is 0 Å². The standard InChI is InChI=1S/C16H21N3O2/c1-16(2,21)12-19(10-13-7-5-4-6-8-13)15(20)14-9-17-18(3)11-14/h4-9,11,21H,10,12H2,1-3H3. The molecule has 0 saturated heterocycles. The van der Waals surface area contributed by atoms with Crippen LogP contribution in [0.3, 0.4) is 0 Å². The second-order valence-corrected chi connectivity index (χ2v) is 5.86. The molecule has 0 aliphatic heterocycles. The molecule has 0 atom stereocenters. The minimum Gasteiger partial charge on any atom is -0.389 e. The third-order valence-corrected chi connectivity index (χ3v) is 3.03. The minimum absolute atomic E-state index is 0.130. The molecule has 2 aromatic rings. The Bertz CT molecular complexity index is 599. The van der Waals surface area contributed by atoms with Gasteiger partial charge in [-0.25, -0.2) is 0 Å². The highest BCUT2D eigenvalue weighted by Crippen LogP contribution is 2.14. The second-order valence-electron chi connectivity index (χ2n) is 5.86. The first kappa shape index (κ1) is 15.3. The fourth-order valence-corrected chi connectivity index (χ4v) is 2.18. The summed E-state index contributed by atoms with van der Waals surface area (Å²) in [5.74, 6) is -0.130. The Kier molecular flexibility index (Phi) is 4.43. The van der Waals surface area contributed by atoms with E-state index in [4.69, 9.17) is 0 Å². The summed E-state index contributed by atoms with van der Waals surface area (Å²) < 4.78 is 1.60. The predicted molar refractivity (Wildman–Crippen MR) is 80.7 cm³/mol. The molecule has 0 saturated carbocycles. The largest absolute Gasteiger partial charge is 0.389 e. The Hall–Kier alpha value is -2.14. The van der Waals surface area contributed by atoms with E-state index in [2.05, 4.69) is 5.10 Å². The molecule has 5 nitrogen and oxygen atoms in total. The normalized spacial score (nSPS) is 11.4. The zero-order valence-corrected chi connectivity index (χ0v) is 12.7. The van der Waals surface area contributed by atoms with Crippen LogP contribution in [-0.4, -0.2) is 37.8 Å². The minimum atomic E-state index is -0.952. The fourth-order valence-electron chi connectivity index (χ4n) is 2.18. The van der Waals surface area contributed by atoms with Gasteiger partial charge in [0.25, 0.3) is 5.91 Å². The highest BCUT2D eigenvalue weighted by atomic mass is 16.3. The lowest BCUT2D eigenvalue weighted by Gasteiger charge is -2.29.